The van der Waals surface area contributed by atoms with E-state index in [0.717, 1.165) is 0 Å². The van der Waals surface area contributed by atoms with E-state index in [9.17, 15) is 19.7 Å². The number of benzene rings is 1. The molecule has 0 aliphatic heterocycles. The van der Waals surface area contributed by atoms with Crippen molar-refractivity contribution >= 4 is 17.7 Å². The molecule has 2 unspecified atom stereocenters. The van der Waals surface area contributed by atoms with Gasteiger partial charge in [-0.3, -0.25) is 14.9 Å². The van der Waals surface area contributed by atoms with E-state index in [1.54, 1.807) is 34.6 Å². The first-order valence-electron chi connectivity index (χ1n) is 9.51. The number of nitro benzene ring substituents is 1. The molecule has 162 valence electrons. The molecule has 0 bridgehead atoms. The summed E-state index contributed by atoms with van der Waals surface area (Å²) in [5, 5.41) is 16.2. The summed E-state index contributed by atoms with van der Waals surface area (Å²) in [5.74, 6) is -0.0467. The van der Waals surface area contributed by atoms with Crippen LogP contribution in [0.3, 0.4) is 0 Å². The van der Waals surface area contributed by atoms with Crippen LogP contribution >= 0.6 is 0 Å². The molecule has 0 aliphatic rings. The molecule has 0 aromatic heterocycles. The van der Waals surface area contributed by atoms with Gasteiger partial charge < -0.3 is 20.1 Å². The molecule has 9 heteroatoms. The summed E-state index contributed by atoms with van der Waals surface area (Å²) in [5.41, 5.74) is -0.693. The van der Waals surface area contributed by atoms with Gasteiger partial charge >= 0.3 is 6.09 Å². The van der Waals surface area contributed by atoms with E-state index in [1.165, 1.54) is 24.3 Å². The Kier molecular flexibility index (Phi) is 8.42. The Morgan fingerprint density at radius 1 is 1.03 bits per heavy atom. The molecule has 0 heterocycles. The van der Waals surface area contributed by atoms with Gasteiger partial charge in [0.05, 0.1) is 11.0 Å². The van der Waals surface area contributed by atoms with E-state index in [4.69, 9.17) is 9.47 Å². The third kappa shape index (κ3) is 8.37. The lowest BCUT2D eigenvalue weighted by atomic mass is 10.0. The van der Waals surface area contributed by atoms with Gasteiger partial charge in [0.1, 0.15) is 23.5 Å². The summed E-state index contributed by atoms with van der Waals surface area (Å²) in [6, 6.07) is 4.57. The van der Waals surface area contributed by atoms with E-state index in [0.29, 0.717) is 5.75 Å². The third-order valence-electron chi connectivity index (χ3n) is 4.06. The molecule has 1 rings (SSSR count). The van der Waals surface area contributed by atoms with Crippen molar-refractivity contribution in [1.82, 2.24) is 10.6 Å². The van der Waals surface area contributed by atoms with Crippen LogP contribution in [0.15, 0.2) is 24.3 Å². The molecular weight excluding hydrogens is 378 g/mol. The van der Waals surface area contributed by atoms with Gasteiger partial charge in [0, 0.05) is 12.1 Å². The first-order chi connectivity index (χ1) is 13.3. The Bertz CT molecular complexity index is 712. The average Bonchev–Trinajstić information content (AvgIpc) is 2.58. The van der Waals surface area contributed by atoms with Crippen LogP contribution < -0.4 is 15.4 Å². The van der Waals surface area contributed by atoms with Gasteiger partial charge in [0.25, 0.3) is 5.69 Å². The second kappa shape index (κ2) is 10.1. The fraction of sp³-hybridized carbons (Fsp3) is 0.600. The van der Waals surface area contributed by atoms with E-state index < -0.39 is 28.8 Å². The fourth-order valence-electron chi connectivity index (χ4n) is 2.36. The molecule has 29 heavy (non-hydrogen) atoms. The number of carbonyl (C=O) groups excluding carboxylic acids is 2. The summed E-state index contributed by atoms with van der Waals surface area (Å²) in [6.45, 7) is 12.4. The highest BCUT2D eigenvalue weighted by Crippen LogP contribution is 2.19. The molecule has 0 aliphatic carbocycles. The van der Waals surface area contributed by atoms with Crippen LogP contribution in [0, 0.1) is 16.0 Å². The number of ether oxygens (including phenoxy) is 2. The second-order valence-electron chi connectivity index (χ2n) is 8.24. The Morgan fingerprint density at radius 2 is 1.59 bits per heavy atom. The standard InChI is InChI=1S/C20H31N3O6/c1-12(2)17(22-19(25)29-20(5,6)7)18(24)21-13(3)14(4)28-16-10-8-15(9-11-16)23(26)27/h8-14,17H,1-7H3,(H,21,24)(H,22,25)/t13?,14?,17-/m0/s1. The smallest absolute Gasteiger partial charge is 0.408 e. The topological polar surface area (TPSA) is 120 Å². The van der Waals surface area contributed by atoms with Gasteiger partial charge in [-0.2, -0.15) is 0 Å². The minimum absolute atomic E-state index is 0.0284. The number of nitrogens with one attached hydrogen (secondary N) is 2. The summed E-state index contributed by atoms with van der Waals surface area (Å²) >= 11 is 0. The largest absolute Gasteiger partial charge is 0.489 e. The molecule has 0 radical (unpaired) electrons. The molecule has 2 amide bonds. The Labute approximate surface area is 171 Å². The SMILES string of the molecule is CC(NC(=O)[C@@H](NC(=O)OC(C)(C)C)C(C)C)C(C)Oc1ccc([N+](=O)[O-])cc1. The predicted octanol–water partition coefficient (Wildman–Crippen LogP) is 3.42. The Morgan fingerprint density at radius 3 is 2.03 bits per heavy atom. The number of nitrogens with zero attached hydrogens (tertiary/aromatic N) is 1. The lowest BCUT2D eigenvalue weighted by Gasteiger charge is -2.28. The van der Waals surface area contributed by atoms with Crippen LogP contribution in [0.2, 0.25) is 0 Å². The Balaban J connectivity index is 2.68. The van der Waals surface area contributed by atoms with Gasteiger partial charge in [0.15, 0.2) is 0 Å². The van der Waals surface area contributed by atoms with Crippen molar-refractivity contribution in [3.8, 4) is 5.75 Å². The molecule has 9 nitrogen and oxygen atoms in total. The zero-order valence-corrected chi connectivity index (χ0v) is 18.0. The van der Waals surface area contributed by atoms with Crippen molar-refractivity contribution < 1.29 is 24.0 Å². The van der Waals surface area contributed by atoms with E-state index in [1.807, 2.05) is 13.8 Å². The second-order valence-corrected chi connectivity index (χ2v) is 8.24. The van der Waals surface area contributed by atoms with Crippen molar-refractivity contribution in [2.75, 3.05) is 0 Å². The van der Waals surface area contributed by atoms with Crippen molar-refractivity contribution in [2.24, 2.45) is 5.92 Å². The maximum absolute atomic E-state index is 12.7. The van der Waals surface area contributed by atoms with Crippen LogP contribution in [-0.4, -0.2) is 40.7 Å². The number of hydrogen-bond acceptors (Lipinski definition) is 6. The highest BCUT2D eigenvalue weighted by molar-refractivity contribution is 5.86. The average molecular weight is 409 g/mol. The summed E-state index contributed by atoms with van der Waals surface area (Å²) < 4.78 is 11.0. The molecule has 1 aromatic carbocycles. The molecule has 0 saturated carbocycles. The molecule has 1 aromatic rings. The Hall–Kier alpha value is -2.84. The number of rotatable bonds is 8. The van der Waals surface area contributed by atoms with Crippen molar-refractivity contribution in [2.45, 2.75) is 72.3 Å². The number of alkyl carbamates (subject to hydrolysis) is 1. The maximum atomic E-state index is 12.7. The lowest BCUT2D eigenvalue weighted by Crippen LogP contribution is -2.54. The van der Waals surface area contributed by atoms with E-state index >= 15 is 0 Å². The highest BCUT2D eigenvalue weighted by Gasteiger charge is 2.29. The highest BCUT2D eigenvalue weighted by atomic mass is 16.6. The minimum atomic E-state index is -0.765. The molecule has 0 fully saturated rings. The summed E-state index contributed by atoms with van der Waals surface area (Å²) in [6.07, 6.45) is -1.07. The zero-order chi connectivity index (χ0) is 22.4. The van der Waals surface area contributed by atoms with Crippen molar-refractivity contribution in [1.29, 1.82) is 0 Å². The molecule has 0 saturated heterocycles. The number of non-ortho nitro benzene ring substituents is 1. The van der Waals surface area contributed by atoms with Crippen molar-refractivity contribution in [3.05, 3.63) is 34.4 Å². The minimum Gasteiger partial charge on any atom is -0.489 e. The van der Waals surface area contributed by atoms with Crippen LogP contribution in [0.4, 0.5) is 10.5 Å². The first kappa shape index (κ1) is 24.2. The number of hydrogen-bond donors (Lipinski definition) is 2. The fourth-order valence-corrected chi connectivity index (χ4v) is 2.36. The number of nitro groups is 1. The lowest BCUT2D eigenvalue weighted by molar-refractivity contribution is -0.384. The van der Waals surface area contributed by atoms with Crippen LogP contribution in [-0.2, 0) is 9.53 Å². The zero-order valence-electron chi connectivity index (χ0n) is 18.0. The monoisotopic (exact) mass is 409 g/mol. The normalized spacial score (nSPS) is 14.5. The van der Waals surface area contributed by atoms with E-state index in [-0.39, 0.29) is 23.6 Å². The predicted molar refractivity (Wildman–Crippen MR) is 109 cm³/mol. The number of carbonyl (C=O) groups is 2. The van der Waals surface area contributed by atoms with Gasteiger partial charge in [-0.25, -0.2) is 4.79 Å². The summed E-state index contributed by atoms with van der Waals surface area (Å²) in [7, 11) is 0. The van der Waals surface area contributed by atoms with Gasteiger partial charge in [-0.15, -0.1) is 0 Å². The molecular formula is C20H31N3O6. The first-order valence-corrected chi connectivity index (χ1v) is 9.51. The van der Waals surface area contributed by atoms with Gasteiger partial charge in [-0.1, -0.05) is 13.8 Å². The molecule has 2 N–H and O–H groups in total. The van der Waals surface area contributed by atoms with Gasteiger partial charge in [0.2, 0.25) is 5.91 Å². The maximum Gasteiger partial charge on any atom is 0.408 e. The van der Waals surface area contributed by atoms with Crippen molar-refractivity contribution in [3.63, 3.8) is 0 Å². The molecule has 3 atom stereocenters. The van der Waals surface area contributed by atoms with E-state index in [2.05, 4.69) is 10.6 Å². The number of amides is 2. The third-order valence-corrected chi connectivity index (χ3v) is 4.06. The van der Waals surface area contributed by atoms with Gasteiger partial charge in [-0.05, 0) is 52.7 Å². The summed E-state index contributed by atoms with van der Waals surface area (Å²) in [4.78, 5) is 34.9. The van der Waals surface area contributed by atoms with Crippen LogP contribution in [0.25, 0.3) is 0 Å². The van der Waals surface area contributed by atoms with Crippen LogP contribution in [0.1, 0.15) is 48.5 Å². The molecule has 0 spiro atoms. The van der Waals surface area contributed by atoms with Crippen LogP contribution in [0.5, 0.6) is 5.75 Å². The quantitative estimate of drug-likeness (QED) is 0.501.